The summed E-state index contributed by atoms with van der Waals surface area (Å²) in [6.07, 6.45) is 0. The van der Waals surface area contributed by atoms with E-state index in [0.717, 1.165) is 16.3 Å². The average Bonchev–Trinajstić information content (AvgIpc) is 2.88. The van der Waals surface area contributed by atoms with Crippen molar-refractivity contribution in [2.45, 2.75) is 19.3 Å². The van der Waals surface area contributed by atoms with Crippen molar-refractivity contribution in [3.8, 4) is 11.1 Å². The Kier molecular flexibility index (Phi) is 3.12. The first-order chi connectivity index (χ1) is 12.5. The first-order valence-electron chi connectivity index (χ1n) is 8.95. The lowest BCUT2D eigenvalue weighted by molar-refractivity contribution is 0.426. The zero-order chi connectivity index (χ0) is 18.1. The molecular weight excluding hydrogens is 319 g/mol. The molecule has 0 amide bonds. The van der Waals surface area contributed by atoms with Gasteiger partial charge in [0.1, 0.15) is 0 Å². The molecule has 0 heterocycles. The SMILES string of the molecule is CC1(C)c2ccc3ccccc3c2-c2c1cc(B(O)O)c1ccccc21. The minimum absolute atomic E-state index is 0.192. The Morgan fingerprint density at radius 3 is 2.04 bits per heavy atom. The third-order valence-corrected chi connectivity index (χ3v) is 5.88. The van der Waals surface area contributed by atoms with E-state index in [1.165, 1.54) is 27.5 Å². The van der Waals surface area contributed by atoms with Crippen molar-refractivity contribution in [2.24, 2.45) is 0 Å². The third-order valence-electron chi connectivity index (χ3n) is 5.88. The van der Waals surface area contributed by atoms with Crippen LogP contribution < -0.4 is 5.46 Å². The van der Waals surface area contributed by atoms with Gasteiger partial charge in [0.05, 0.1) is 0 Å². The van der Waals surface area contributed by atoms with Crippen LogP contribution in [-0.4, -0.2) is 17.2 Å². The molecule has 0 atom stereocenters. The monoisotopic (exact) mass is 338 g/mol. The molecule has 0 aliphatic heterocycles. The first-order valence-corrected chi connectivity index (χ1v) is 8.95. The zero-order valence-electron chi connectivity index (χ0n) is 14.8. The van der Waals surface area contributed by atoms with Crippen molar-refractivity contribution in [3.63, 3.8) is 0 Å². The quantitative estimate of drug-likeness (QED) is 0.516. The minimum atomic E-state index is -1.48. The summed E-state index contributed by atoms with van der Waals surface area (Å²) in [5.74, 6) is 0. The average molecular weight is 338 g/mol. The predicted molar refractivity (Wildman–Crippen MR) is 109 cm³/mol. The standard InChI is InChI=1S/C23H19BO2/c1-23(2)18-12-11-14-7-3-4-8-15(14)21(18)22-17-10-6-5-9-16(17)20(24(25)26)13-19(22)23/h3-13,25-26H,1-2H3. The van der Waals surface area contributed by atoms with Crippen LogP contribution in [0.4, 0.5) is 0 Å². The normalized spacial score (nSPS) is 14.5. The van der Waals surface area contributed by atoms with Gasteiger partial charge in [-0.25, -0.2) is 0 Å². The van der Waals surface area contributed by atoms with Crippen LogP contribution in [0.5, 0.6) is 0 Å². The second-order valence-electron chi connectivity index (χ2n) is 7.64. The lowest BCUT2D eigenvalue weighted by Crippen LogP contribution is -2.32. The van der Waals surface area contributed by atoms with Crippen molar-refractivity contribution in [1.29, 1.82) is 0 Å². The fraction of sp³-hybridized carbons (Fsp3) is 0.130. The Labute approximate surface area is 152 Å². The van der Waals surface area contributed by atoms with E-state index in [9.17, 15) is 10.0 Å². The van der Waals surface area contributed by atoms with Crippen LogP contribution in [0, 0.1) is 0 Å². The molecule has 126 valence electrons. The second kappa shape index (κ2) is 5.20. The number of hydrogen-bond acceptors (Lipinski definition) is 2. The van der Waals surface area contributed by atoms with E-state index in [2.05, 4.69) is 56.3 Å². The molecular formula is C23H19BO2. The fourth-order valence-corrected chi connectivity index (χ4v) is 4.59. The Hall–Kier alpha value is -2.62. The lowest BCUT2D eigenvalue weighted by Gasteiger charge is -2.23. The van der Waals surface area contributed by atoms with Gasteiger partial charge in [0.15, 0.2) is 0 Å². The lowest BCUT2D eigenvalue weighted by atomic mass is 9.72. The molecule has 4 aromatic carbocycles. The predicted octanol–water partition coefficient (Wildman–Crippen LogP) is 3.98. The largest absolute Gasteiger partial charge is 0.489 e. The molecule has 0 saturated heterocycles. The Bertz CT molecular complexity index is 1190. The van der Waals surface area contributed by atoms with Crippen molar-refractivity contribution < 1.29 is 10.0 Å². The van der Waals surface area contributed by atoms with Crippen LogP contribution >= 0.6 is 0 Å². The molecule has 1 aliphatic carbocycles. The Balaban J connectivity index is 2.03. The highest BCUT2D eigenvalue weighted by molar-refractivity contribution is 6.62. The topological polar surface area (TPSA) is 40.5 Å². The van der Waals surface area contributed by atoms with Gasteiger partial charge >= 0.3 is 7.12 Å². The van der Waals surface area contributed by atoms with Crippen molar-refractivity contribution in [1.82, 2.24) is 0 Å². The smallest absolute Gasteiger partial charge is 0.423 e. The minimum Gasteiger partial charge on any atom is -0.423 e. The Morgan fingerprint density at radius 2 is 1.31 bits per heavy atom. The fourth-order valence-electron chi connectivity index (χ4n) is 4.59. The van der Waals surface area contributed by atoms with E-state index >= 15 is 0 Å². The summed E-state index contributed by atoms with van der Waals surface area (Å²) in [4.78, 5) is 0. The van der Waals surface area contributed by atoms with Crippen LogP contribution in [0.1, 0.15) is 25.0 Å². The maximum atomic E-state index is 9.97. The van der Waals surface area contributed by atoms with E-state index in [-0.39, 0.29) is 5.41 Å². The number of fused-ring (bicyclic) bond motifs is 7. The van der Waals surface area contributed by atoms with Crippen LogP contribution in [0.3, 0.4) is 0 Å². The second-order valence-corrected chi connectivity index (χ2v) is 7.64. The molecule has 0 aromatic heterocycles. The van der Waals surface area contributed by atoms with Gasteiger partial charge in [0.2, 0.25) is 0 Å². The number of rotatable bonds is 1. The van der Waals surface area contributed by atoms with E-state index < -0.39 is 7.12 Å². The summed E-state index contributed by atoms with van der Waals surface area (Å²) < 4.78 is 0. The van der Waals surface area contributed by atoms with Gasteiger partial charge in [0.25, 0.3) is 0 Å². The van der Waals surface area contributed by atoms with Gasteiger partial charge in [-0.3, -0.25) is 0 Å². The van der Waals surface area contributed by atoms with Gasteiger partial charge < -0.3 is 10.0 Å². The van der Waals surface area contributed by atoms with Gasteiger partial charge in [0, 0.05) is 5.41 Å². The van der Waals surface area contributed by atoms with Gasteiger partial charge in [-0.15, -0.1) is 0 Å². The van der Waals surface area contributed by atoms with Crippen LogP contribution in [0.2, 0.25) is 0 Å². The molecule has 0 saturated carbocycles. The van der Waals surface area contributed by atoms with E-state index in [0.29, 0.717) is 5.46 Å². The highest BCUT2D eigenvalue weighted by Crippen LogP contribution is 2.53. The molecule has 0 radical (unpaired) electrons. The van der Waals surface area contributed by atoms with E-state index in [4.69, 9.17) is 0 Å². The molecule has 0 unspecified atom stereocenters. The van der Waals surface area contributed by atoms with Crippen LogP contribution in [-0.2, 0) is 5.41 Å². The van der Waals surface area contributed by atoms with Crippen molar-refractivity contribution in [3.05, 3.63) is 77.9 Å². The number of benzene rings is 4. The van der Waals surface area contributed by atoms with Crippen LogP contribution in [0.25, 0.3) is 32.7 Å². The van der Waals surface area contributed by atoms with Gasteiger partial charge in [-0.05, 0) is 49.3 Å². The molecule has 2 N–H and O–H groups in total. The molecule has 4 aromatic rings. The molecule has 0 fully saturated rings. The van der Waals surface area contributed by atoms with Crippen molar-refractivity contribution >= 4 is 34.1 Å². The molecule has 3 heteroatoms. The Morgan fingerprint density at radius 1 is 0.692 bits per heavy atom. The summed E-state index contributed by atoms with van der Waals surface area (Å²) in [6.45, 7) is 4.43. The summed E-state index contributed by atoms with van der Waals surface area (Å²) >= 11 is 0. The van der Waals surface area contributed by atoms with E-state index in [1.54, 1.807) is 0 Å². The highest BCUT2D eigenvalue weighted by Gasteiger charge is 2.38. The zero-order valence-corrected chi connectivity index (χ0v) is 14.8. The molecule has 2 nitrogen and oxygen atoms in total. The van der Waals surface area contributed by atoms with Crippen LogP contribution in [0.15, 0.2) is 66.7 Å². The van der Waals surface area contributed by atoms with E-state index in [1.807, 2.05) is 24.3 Å². The first kappa shape index (κ1) is 15.6. The van der Waals surface area contributed by atoms with Gasteiger partial charge in [-0.1, -0.05) is 80.6 Å². The molecule has 1 aliphatic rings. The molecule has 26 heavy (non-hydrogen) atoms. The summed E-state index contributed by atoms with van der Waals surface area (Å²) in [7, 11) is -1.48. The summed E-state index contributed by atoms with van der Waals surface area (Å²) in [5, 5.41) is 24.4. The van der Waals surface area contributed by atoms with Gasteiger partial charge in [-0.2, -0.15) is 0 Å². The maximum absolute atomic E-state index is 9.97. The maximum Gasteiger partial charge on any atom is 0.489 e. The molecule has 0 bridgehead atoms. The molecule has 5 rings (SSSR count). The highest BCUT2D eigenvalue weighted by atomic mass is 16.4. The summed E-state index contributed by atoms with van der Waals surface area (Å²) in [6, 6.07) is 22.9. The third kappa shape index (κ3) is 1.90. The molecule has 0 spiro atoms. The van der Waals surface area contributed by atoms with Crippen molar-refractivity contribution in [2.75, 3.05) is 0 Å². The summed E-state index contributed by atoms with van der Waals surface area (Å²) in [5.41, 5.74) is 5.33. The number of hydrogen-bond donors (Lipinski definition) is 2.